The summed E-state index contributed by atoms with van der Waals surface area (Å²) in [4.78, 5) is 11.6. The van der Waals surface area contributed by atoms with Gasteiger partial charge in [-0.15, -0.1) is 5.10 Å². The number of sulfonamides is 1. The highest BCUT2D eigenvalue weighted by Crippen LogP contribution is 2.36. The van der Waals surface area contributed by atoms with Crippen molar-refractivity contribution in [3.8, 4) is 16.9 Å². The third kappa shape index (κ3) is 5.46. The first-order chi connectivity index (χ1) is 17.5. The summed E-state index contributed by atoms with van der Waals surface area (Å²) in [7, 11) is -2.67. The number of benzene rings is 3. The Morgan fingerprint density at radius 1 is 1.11 bits per heavy atom. The molecule has 11 heteroatoms. The quantitative estimate of drug-likeness (QED) is 0.312. The first-order valence-electron chi connectivity index (χ1n) is 11.3. The number of aryl methyl sites for hydroxylation is 1. The minimum Gasteiger partial charge on any atom is -0.497 e. The predicted molar refractivity (Wildman–Crippen MR) is 138 cm³/mol. The molecular formula is C26H25ClFN3O5S. The van der Waals surface area contributed by atoms with E-state index >= 15 is 0 Å². The fourth-order valence-corrected chi connectivity index (χ4v) is 5.69. The van der Waals surface area contributed by atoms with Crippen molar-refractivity contribution in [3.05, 3.63) is 98.6 Å². The van der Waals surface area contributed by atoms with Gasteiger partial charge in [0.2, 0.25) is 15.9 Å². The summed E-state index contributed by atoms with van der Waals surface area (Å²) in [5, 5.41) is 6.32. The maximum atomic E-state index is 14.9. The molecule has 2 unspecified atom stereocenters. The smallest absolute Gasteiger partial charge is 0.434 e. The van der Waals surface area contributed by atoms with Gasteiger partial charge in [0.25, 0.3) is 0 Å². The van der Waals surface area contributed by atoms with Crippen LogP contribution in [0.2, 0.25) is 5.02 Å². The first kappa shape index (κ1) is 26.6. The highest BCUT2D eigenvalue weighted by molar-refractivity contribution is 7.89. The molecule has 1 heterocycles. The van der Waals surface area contributed by atoms with Gasteiger partial charge in [-0.2, -0.15) is 4.72 Å². The number of nitrogens with one attached hydrogen (secondary N) is 2. The zero-order chi connectivity index (χ0) is 26.9. The molecule has 4 rings (SSSR count). The third-order valence-corrected chi connectivity index (χ3v) is 8.11. The van der Waals surface area contributed by atoms with Gasteiger partial charge in [0.1, 0.15) is 17.6 Å². The minimum atomic E-state index is -4.22. The van der Waals surface area contributed by atoms with E-state index in [9.17, 15) is 17.6 Å². The van der Waals surface area contributed by atoms with Crippen LogP contribution in [0.3, 0.4) is 0 Å². The summed E-state index contributed by atoms with van der Waals surface area (Å²) >= 11 is 6.39. The lowest BCUT2D eigenvalue weighted by atomic mass is 9.88. The van der Waals surface area contributed by atoms with Crippen LogP contribution < -0.4 is 15.2 Å². The Labute approximate surface area is 218 Å². The second-order valence-corrected chi connectivity index (χ2v) is 10.7. The number of nitrogens with zero attached hydrogens (tertiary/aromatic N) is 1. The van der Waals surface area contributed by atoms with Gasteiger partial charge < -0.3 is 9.15 Å². The van der Waals surface area contributed by atoms with Crippen LogP contribution in [0.1, 0.15) is 41.5 Å². The molecule has 8 nitrogen and oxygen atoms in total. The minimum absolute atomic E-state index is 0.0840. The summed E-state index contributed by atoms with van der Waals surface area (Å²) in [6, 6.07) is 13.0. The molecular weight excluding hydrogens is 521 g/mol. The molecule has 1 aromatic heterocycles. The molecule has 0 saturated heterocycles. The lowest BCUT2D eigenvalue weighted by molar-refractivity contribution is 0.377. The highest BCUT2D eigenvalue weighted by Gasteiger charge is 2.33. The van der Waals surface area contributed by atoms with E-state index in [4.69, 9.17) is 20.8 Å². The molecule has 3 aromatic carbocycles. The Balaban J connectivity index is 1.76. The van der Waals surface area contributed by atoms with Crippen molar-refractivity contribution >= 4 is 21.6 Å². The van der Waals surface area contributed by atoms with Crippen molar-refractivity contribution in [3.63, 3.8) is 0 Å². The SMILES string of the molecule is COc1ccc(-c2cc(S(=O)(=O)NC(c3n[nH]c(=O)o3)C(C)c3c(F)ccc(C)c3C)ccc2Cl)cc1. The van der Waals surface area contributed by atoms with Crippen molar-refractivity contribution in [1.29, 1.82) is 0 Å². The van der Waals surface area contributed by atoms with Crippen molar-refractivity contribution in [2.45, 2.75) is 37.6 Å². The Morgan fingerprint density at radius 2 is 1.81 bits per heavy atom. The molecule has 0 spiro atoms. The van der Waals surface area contributed by atoms with E-state index < -0.39 is 33.6 Å². The van der Waals surface area contributed by atoms with Crippen molar-refractivity contribution in [1.82, 2.24) is 14.9 Å². The van der Waals surface area contributed by atoms with Crippen molar-refractivity contribution in [2.24, 2.45) is 0 Å². The van der Waals surface area contributed by atoms with Gasteiger partial charge in [0.05, 0.1) is 12.0 Å². The van der Waals surface area contributed by atoms with Crippen LogP contribution in [0.4, 0.5) is 4.39 Å². The normalized spacial score (nSPS) is 13.4. The molecule has 37 heavy (non-hydrogen) atoms. The summed E-state index contributed by atoms with van der Waals surface area (Å²) in [5.41, 5.74) is 2.94. The number of rotatable bonds is 8. The van der Waals surface area contributed by atoms with E-state index in [0.717, 1.165) is 5.56 Å². The number of hydrogen-bond acceptors (Lipinski definition) is 6. The van der Waals surface area contributed by atoms with E-state index in [1.165, 1.54) is 24.3 Å². The molecule has 0 radical (unpaired) electrons. The van der Waals surface area contributed by atoms with Gasteiger partial charge in [0, 0.05) is 16.5 Å². The summed E-state index contributed by atoms with van der Waals surface area (Å²) in [6.45, 7) is 5.21. The standard InChI is InChI=1S/C26H25ClFN3O5S/c1-14-5-12-22(28)23(15(14)2)16(3)24(25-29-30-26(32)36-25)31-37(33,34)19-10-11-21(27)20(13-19)17-6-8-18(35-4)9-7-17/h5-13,16,24,31H,1-4H3,(H,30,32). The topological polar surface area (TPSA) is 114 Å². The average molecular weight is 546 g/mol. The number of halogens is 2. The van der Waals surface area contributed by atoms with Crippen LogP contribution >= 0.6 is 11.6 Å². The Bertz CT molecular complexity index is 1600. The molecule has 0 aliphatic rings. The van der Waals surface area contributed by atoms with E-state index in [1.807, 2.05) is 6.92 Å². The Hall–Kier alpha value is -3.47. The average Bonchev–Trinajstić information content (AvgIpc) is 3.31. The van der Waals surface area contributed by atoms with Crippen LogP contribution in [0, 0.1) is 19.7 Å². The zero-order valence-electron chi connectivity index (χ0n) is 20.5. The number of methoxy groups -OCH3 is 1. The fraction of sp³-hybridized carbons (Fsp3) is 0.231. The van der Waals surface area contributed by atoms with Gasteiger partial charge in [-0.05, 0) is 72.5 Å². The molecule has 194 valence electrons. The number of H-pyrrole nitrogens is 1. The van der Waals surface area contributed by atoms with Crippen LogP contribution in [0.25, 0.3) is 11.1 Å². The van der Waals surface area contributed by atoms with Gasteiger partial charge in [-0.3, -0.25) is 0 Å². The monoisotopic (exact) mass is 545 g/mol. The Morgan fingerprint density at radius 3 is 2.43 bits per heavy atom. The molecule has 0 aliphatic heterocycles. The molecule has 0 fully saturated rings. The molecule has 2 N–H and O–H groups in total. The summed E-state index contributed by atoms with van der Waals surface area (Å²) in [5.74, 6) is -1.73. The third-order valence-electron chi connectivity index (χ3n) is 6.34. The van der Waals surface area contributed by atoms with Crippen molar-refractivity contribution in [2.75, 3.05) is 7.11 Å². The number of aromatic nitrogens is 2. The van der Waals surface area contributed by atoms with E-state index in [0.29, 0.717) is 27.5 Å². The van der Waals surface area contributed by atoms with Gasteiger partial charge in [-0.25, -0.2) is 22.7 Å². The maximum absolute atomic E-state index is 14.9. The van der Waals surface area contributed by atoms with E-state index in [2.05, 4.69) is 14.9 Å². The lowest BCUT2D eigenvalue weighted by Gasteiger charge is -2.25. The predicted octanol–water partition coefficient (Wildman–Crippen LogP) is 5.27. The molecule has 0 saturated carbocycles. The van der Waals surface area contributed by atoms with Crippen LogP contribution in [0.5, 0.6) is 5.75 Å². The van der Waals surface area contributed by atoms with Crippen molar-refractivity contribution < 1.29 is 22.0 Å². The van der Waals surface area contributed by atoms with E-state index in [1.54, 1.807) is 51.3 Å². The zero-order valence-corrected chi connectivity index (χ0v) is 22.1. The highest BCUT2D eigenvalue weighted by atomic mass is 35.5. The molecule has 0 amide bonds. The molecule has 2 atom stereocenters. The van der Waals surface area contributed by atoms with Crippen LogP contribution in [-0.2, 0) is 10.0 Å². The number of aromatic amines is 1. The number of hydrogen-bond donors (Lipinski definition) is 2. The molecule has 4 aromatic rings. The summed E-state index contributed by atoms with van der Waals surface area (Å²) < 4.78 is 54.9. The fourth-order valence-electron chi connectivity index (χ4n) is 4.17. The number of ether oxygens (including phenoxy) is 1. The first-order valence-corrected chi connectivity index (χ1v) is 13.1. The van der Waals surface area contributed by atoms with Crippen LogP contribution in [0.15, 0.2) is 68.7 Å². The second kappa shape index (κ2) is 10.5. The largest absolute Gasteiger partial charge is 0.497 e. The van der Waals surface area contributed by atoms with Gasteiger partial charge >= 0.3 is 5.76 Å². The molecule has 0 aliphatic carbocycles. The summed E-state index contributed by atoms with van der Waals surface area (Å²) in [6.07, 6.45) is 0. The van der Waals surface area contributed by atoms with Crippen LogP contribution in [-0.4, -0.2) is 25.7 Å². The lowest BCUT2D eigenvalue weighted by Crippen LogP contribution is -2.33. The van der Waals surface area contributed by atoms with E-state index in [-0.39, 0.29) is 16.3 Å². The second-order valence-electron chi connectivity index (χ2n) is 8.61. The Kier molecular flexibility index (Phi) is 7.54. The molecule has 0 bridgehead atoms. The van der Waals surface area contributed by atoms with Gasteiger partial charge in [0.15, 0.2) is 0 Å². The van der Waals surface area contributed by atoms with Gasteiger partial charge in [-0.1, -0.05) is 36.7 Å². The maximum Gasteiger partial charge on any atom is 0.434 e.